The Morgan fingerprint density at radius 1 is 0.800 bits per heavy atom. The van der Waals surface area contributed by atoms with E-state index in [1.807, 2.05) is 66.7 Å². The summed E-state index contributed by atoms with van der Waals surface area (Å²) >= 11 is 0. The van der Waals surface area contributed by atoms with Gasteiger partial charge in [-0.2, -0.15) is 5.10 Å². The summed E-state index contributed by atoms with van der Waals surface area (Å²) in [6, 6.07) is 31.8. The van der Waals surface area contributed by atoms with Gasteiger partial charge in [-0.1, -0.05) is 66.7 Å². The highest BCUT2D eigenvalue weighted by Gasteiger charge is 2.01. The number of carbonyl (C=O) groups is 1. The van der Waals surface area contributed by atoms with E-state index in [1.54, 1.807) is 6.21 Å². The van der Waals surface area contributed by atoms with Crippen LogP contribution in [0.25, 0.3) is 10.8 Å². The monoisotopic (exact) mass is 394 g/mol. The van der Waals surface area contributed by atoms with Gasteiger partial charge in [0.15, 0.2) is 0 Å². The topological polar surface area (TPSA) is 50.7 Å². The second-order valence-corrected chi connectivity index (χ2v) is 6.99. The van der Waals surface area contributed by atoms with Gasteiger partial charge in [0, 0.05) is 0 Å². The zero-order valence-electron chi connectivity index (χ0n) is 16.5. The van der Waals surface area contributed by atoms with Crippen LogP contribution >= 0.6 is 0 Å². The van der Waals surface area contributed by atoms with Crippen LogP contribution in [0.5, 0.6) is 5.75 Å². The molecule has 0 aliphatic carbocycles. The molecule has 4 rings (SSSR count). The fraction of sp³-hybridized carbons (Fsp3) is 0.0769. The van der Waals surface area contributed by atoms with Crippen molar-refractivity contribution in [1.82, 2.24) is 5.43 Å². The minimum absolute atomic E-state index is 0.146. The first kappa shape index (κ1) is 19.4. The van der Waals surface area contributed by atoms with E-state index in [1.165, 1.54) is 10.8 Å². The van der Waals surface area contributed by atoms with E-state index in [0.717, 1.165) is 22.4 Å². The number of fused-ring (bicyclic) bond motifs is 1. The van der Waals surface area contributed by atoms with E-state index < -0.39 is 0 Å². The fourth-order valence-corrected chi connectivity index (χ4v) is 3.14. The van der Waals surface area contributed by atoms with Gasteiger partial charge in [-0.3, -0.25) is 4.79 Å². The Labute approximate surface area is 175 Å². The molecule has 0 aliphatic rings. The first-order chi connectivity index (χ1) is 14.8. The average Bonchev–Trinajstić information content (AvgIpc) is 2.79. The standard InChI is InChI=1S/C26H22N2O2/c29-26(17-20-6-2-1-3-7-20)28-27-18-21-11-14-25(15-12-21)30-19-22-10-13-23-8-4-5-9-24(23)16-22/h1-16,18H,17,19H2,(H,28,29)/b27-18-. The second-order valence-electron chi connectivity index (χ2n) is 6.99. The Hall–Kier alpha value is -3.92. The second kappa shape index (κ2) is 9.52. The number of benzene rings is 4. The Morgan fingerprint density at radius 3 is 2.33 bits per heavy atom. The van der Waals surface area contributed by atoms with Crippen molar-refractivity contribution in [2.45, 2.75) is 13.0 Å². The molecule has 0 fully saturated rings. The van der Waals surface area contributed by atoms with Crippen LogP contribution < -0.4 is 10.2 Å². The summed E-state index contributed by atoms with van der Waals surface area (Å²) in [5.41, 5.74) is 5.52. The molecule has 0 aromatic heterocycles. The predicted octanol–water partition coefficient (Wildman–Crippen LogP) is 5.11. The van der Waals surface area contributed by atoms with Crippen LogP contribution in [0.2, 0.25) is 0 Å². The Morgan fingerprint density at radius 2 is 1.53 bits per heavy atom. The van der Waals surface area contributed by atoms with Gasteiger partial charge in [-0.25, -0.2) is 5.43 Å². The molecule has 0 heterocycles. The number of carbonyl (C=O) groups excluding carboxylic acids is 1. The summed E-state index contributed by atoms with van der Waals surface area (Å²) in [5.74, 6) is 0.640. The molecule has 0 aliphatic heterocycles. The van der Waals surface area contributed by atoms with Crippen LogP contribution in [0.15, 0.2) is 102 Å². The van der Waals surface area contributed by atoms with E-state index in [9.17, 15) is 4.79 Å². The largest absolute Gasteiger partial charge is 0.489 e. The third kappa shape index (κ3) is 5.32. The minimum Gasteiger partial charge on any atom is -0.489 e. The van der Waals surface area contributed by atoms with Crippen LogP contribution in [-0.2, 0) is 17.8 Å². The van der Waals surface area contributed by atoms with Gasteiger partial charge < -0.3 is 4.74 Å². The molecule has 0 atom stereocenters. The molecule has 0 unspecified atom stereocenters. The lowest BCUT2D eigenvalue weighted by Gasteiger charge is -2.07. The number of nitrogens with one attached hydrogen (secondary N) is 1. The Kier molecular flexibility index (Phi) is 6.16. The highest BCUT2D eigenvalue weighted by molar-refractivity contribution is 5.84. The third-order valence-electron chi connectivity index (χ3n) is 4.71. The molecule has 4 aromatic carbocycles. The number of nitrogens with zero attached hydrogens (tertiary/aromatic N) is 1. The van der Waals surface area contributed by atoms with Gasteiger partial charge in [0.1, 0.15) is 12.4 Å². The molecule has 4 nitrogen and oxygen atoms in total. The van der Waals surface area contributed by atoms with Gasteiger partial charge in [0.05, 0.1) is 12.6 Å². The maximum absolute atomic E-state index is 11.9. The molecule has 0 saturated heterocycles. The van der Waals surface area contributed by atoms with E-state index >= 15 is 0 Å². The molecule has 30 heavy (non-hydrogen) atoms. The van der Waals surface area contributed by atoms with Gasteiger partial charge in [0.25, 0.3) is 0 Å². The smallest absolute Gasteiger partial charge is 0.244 e. The van der Waals surface area contributed by atoms with Crippen LogP contribution in [-0.4, -0.2) is 12.1 Å². The lowest BCUT2D eigenvalue weighted by molar-refractivity contribution is -0.120. The lowest BCUT2D eigenvalue weighted by Crippen LogP contribution is -2.19. The SMILES string of the molecule is O=C(Cc1ccccc1)N/N=C\c1ccc(OCc2ccc3ccccc3c2)cc1. The molecular formula is C26H22N2O2. The number of rotatable bonds is 7. The van der Waals surface area contributed by atoms with E-state index in [4.69, 9.17) is 4.74 Å². The van der Waals surface area contributed by atoms with Gasteiger partial charge in [0.2, 0.25) is 5.91 Å². The predicted molar refractivity (Wildman–Crippen MR) is 121 cm³/mol. The maximum atomic E-state index is 11.9. The molecule has 1 N–H and O–H groups in total. The molecule has 0 saturated carbocycles. The zero-order valence-corrected chi connectivity index (χ0v) is 16.5. The summed E-state index contributed by atoms with van der Waals surface area (Å²) in [6.45, 7) is 0.508. The van der Waals surface area contributed by atoms with Crippen molar-refractivity contribution in [3.63, 3.8) is 0 Å². The first-order valence-electron chi connectivity index (χ1n) is 9.83. The molecule has 4 heteroatoms. The van der Waals surface area contributed by atoms with Crippen LogP contribution in [0.3, 0.4) is 0 Å². The number of amides is 1. The summed E-state index contributed by atoms with van der Waals surface area (Å²) in [5, 5.41) is 6.46. The fourth-order valence-electron chi connectivity index (χ4n) is 3.14. The highest BCUT2D eigenvalue weighted by Crippen LogP contribution is 2.18. The normalized spacial score (nSPS) is 10.9. The summed E-state index contributed by atoms with van der Waals surface area (Å²) in [4.78, 5) is 11.9. The average molecular weight is 394 g/mol. The van der Waals surface area contributed by atoms with Crippen molar-refractivity contribution >= 4 is 22.9 Å². The van der Waals surface area contributed by atoms with Crippen molar-refractivity contribution < 1.29 is 9.53 Å². The summed E-state index contributed by atoms with van der Waals surface area (Å²) < 4.78 is 5.89. The van der Waals surface area contributed by atoms with Crippen molar-refractivity contribution in [3.8, 4) is 5.75 Å². The van der Waals surface area contributed by atoms with Crippen molar-refractivity contribution in [2.24, 2.45) is 5.10 Å². The first-order valence-corrected chi connectivity index (χ1v) is 9.83. The van der Waals surface area contributed by atoms with Crippen LogP contribution in [0.1, 0.15) is 16.7 Å². The summed E-state index contributed by atoms with van der Waals surface area (Å²) in [6.07, 6.45) is 1.93. The zero-order chi connectivity index (χ0) is 20.6. The number of hydrogen-bond acceptors (Lipinski definition) is 3. The third-order valence-corrected chi connectivity index (χ3v) is 4.71. The van der Waals surface area contributed by atoms with Gasteiger partial charge >= 0.3 is 0 Å². The molecule has 0 bridgehead atoms. The molecule has 1 amide bonds. The Bertz CT molecular complexity index is 1150. The Balaban J connectivity index is 1.28. The molecular weight excluding hydrogens is 372 g/mol. The van der Waals surface area contributed by atoms with Crippen molar-refractivity contribution in [3.05, 3.63) is 114 Å². The van der Waals surface area contributed by atoms with E-state index in [0.29, 0.717) is 13.0 Å². The van der Waals surface area contributed by atoms with Crippen LogP contribution in [0.4, 0.5) is 0 Å². The quantitative estimate of drug-likeness (QED) is 0.350. The highest BCUT2D eigenvalue weighted by atomic mass is 16.5. The van der Waals surface area contributed by atoms with Gasteiger partial charge in [-0.15, -0.1) is 0 Å². The van der Waals surface area contributed by atoms with Crippen molar-refractivity contribution in [2.75, 3.05) is 0 Å². The minimum atomic E-state index is -0.146. The molecule has 0 spiro atoms. The molecule has 148 valence electrons. The maximum Gasteiger partial charge on any atom is 0.244 e. The number of hydrazone groups is 1. The van der Waals surface area contributed by atoms with Crippen LogP contribution in [0, 0.1) is 0 Å². The number of ether oxygens (including phenoxy) is 1. The number of hydrogen-bond donors (Lipinski definition) is 1. The van der Waals surface area contributed by atoms with E-state index in [-0.39, 0.29) is 5.91 Å². The van der Waals surface area contributed by atoms with E-state index in [2.05, 4.69) is 40.9 Å². The van der Waals surface area contributed by atoms with Gasteiger partial charge in [-0.05, 0) is 57.8 Å². The van der Waals surface area contributed by atoms with Crippen molar-refractivity contribution in [1.29, 1.82) is 0 Å². The molecule has 4 aromatic rings. The molecule has 0 radical (unpaired) electrons. The lowest BCUT2D eigenvalue weighted by atomic mass is 10.1. The summed E-state index contributed by atoms with van der Waals surface area (Å²) in [7, 11) is 0.